The molecule has 2 aliphatic rings. The second-order valence-corrected chi connectivity index (χ2v) is 6.78. The van der Waals surface area contributed by atoms with E-state index >= 15 is 0 Å². The van der Waals surface area contributed by atoms with Crippen LogP contribution >= 0.6 is 0 Å². The van der Waals surface area contributed by atoms with E-state index in [9.17, 15) is 9.59 Å². The fraction of sp³-hybridized carbons (Fsp3) is 0.444. The lowest BCUT2D eigenvalue weighted by atomic mass is 9.98. The van der Waals surface area contributed by atoms with E-state index in [1.807, 2.05) is 31.3 Å². The van der Waals surface area contributed by atoms with Gasteiger partial charge in [-0.05, 0) is 43.2 Å². The molecule has 2 aliphatic heterocycles. The number of nitrogens with zero attached hydrogens (tertiary/aromatic N) is 1. The van der Waals surface area contributed by atoms with Gasteiger partial charge in [-0.2, -0.15) is 0 Å². The molecule has 2 aromatic rings. The highest BCUT2D eigenvalue weighted by molar-refractivity contribution is 5.97. The summed E-state index contributed by atoms with van der Waals surface area (Å²) in [6.07, 6.45) is 4.34. The first-order chi connectivity index (χ1) is 11.1. The maximum atomic E-state index is 12.8. The molecule has 2 saturated heterocycles. The number of hydrogen-bond acceptors (Lipinski definition) is 3. The molecule has 2 bridgehead atoms. The maximum Gasteiger partial charge on any atom is 0.261 e. The van der Waals surface area contributed by atoms with E-state index < -0.39 is 0 Å². The molecule has 1 amide bonds. The van der Waals surface area contributed by atoms with Gasteiger partial charge in [0.15, 0.2) is 0 Å². The molecule has 0 saturated carbocycles. The number of rotatable bonds is 2. The summed E-state index contributed by atoms with van der Waals surface area (Å²) in [6.45, 7) is 0. The van der Waals surface area contributed by atoms with Gasteiger partial charge in [0.1, 0.15) is 5.56 Å². The molecule has 23 heavy (non-hydrogen) atoms. The van der Waals surface area contributed by atoms with Crippen LogP contribution in [0, 0.1) is 0 Å². The van der Waals surface area contributed by atoms with Gasteiger partial charge in [0.25, 0.3) is 11.5 Å². The van der Waals surface area contributed by atoms with E-state index in [1.54, 1.807) is 11.0 Å². The van der Waals surface area contributed by atoms with Crippen LogP contribution in [0.4, 0.5) is 0 Å². The van der Waals surface area contributed by atoms with Gasteiger partial charge in [-0.25, -0.2) is 0 Å². The van der Waals surface area contributed by atoms with E-state index in [1.165, 1.54) is 12.8 Å². The number of carbonyl (C=O) groups excluding carboxylic acids is 1. The maximum absolute atomic E-state index is 12.8. The third-order valence-electron chi connectivity index (χ3n) is 5.30. The first-order valence-electron chi connectivity index (χ1n) is 8.27. The molecule has 5 heteroatoms. The zero-order chi connectivity index (χ0) is 16.0. The first-order valence-corrected chi connectivity index (χ1v) is 8.27. The molecular weight excluding hydrogens is 290 g/mol. The number of hydrogen-bond donors (Lipinski definition) is 2. The Morgan fingerprint density at radius 1 is 1.17 bits per heavy atom. The van der Waals surface area contributed by atoms with Gasteiger partial charge in [-0.15, -0.1) is 0 Å². The molecule has 0 spiro atoms. The van der Waals surface area contributed by atoms with Crippen molar-refractivity contribution in [2.75, 3.05) is 7.05 Å². The average molecular weight is 311 g/mol. The number of amides is 1. The SMILES string of the molecule is CN(C(=O)c1cc2ccccc2[nH]c1=O)C1CC2CCC(C1)N2. The van der Waals surface area contributed by atoms with E-state index in [4.69, 9.17) is 0 Å². The summed E-state index contributed by atoms with van der Waals surface area (Å²) in [6, 6.07) is 10.5. The highest BCUT2D eigenvalue weighted by atomic mass is 16.2. The van der Waals surface area contributed by atoms with Crippen LogP contribution in [0.25, 0.3) is 10.9 Å². The Labute approximate surface area is 134 Å². The molecule has 4 rings (SSSR count). The Bertz CT molecular complexity index is 801. The second-order valence-electron chi connectivity index (χ2n) is 6.78. The monoisotopic (exact) mass is 311 g/mol. The number of nitrogens with one attached hydrogen (secondary N) is 2. The molecule has 3 heterocycles. The number of carbonyl (C=O) groups is 1. The van der Waals surface area contributed by atoms with Gasteiger partial charge in [0.2, 0.25) is 0 Å². The van der Waals surface area contributed by atoms with E-state index in [0.29, 0.717) is 12.1 Å². The minimum absolute atomic E-state index is 0.177. The number of benzene rings is 1. The predicted molar refractivity (Wildman–Crippen MR) is 89.6 cm³/mol. The predicted octanol–water partition coefficient (Wildman–Crippen LogP) is 1.88. The molecule has 2 fully saturated rings. The van der Waals surface area contributed by atoms with Crippen LogP contribution in [0.2, 0.25) is 0 Å². The normalized spacial score (nSPS) is 26.4. The van der Waals surface area contributed by atoms with Crippen molar-refractivity contribution in [1.82, 2.24) is 15.2 Å². The average Bonchev–Trinajstić information content (AvgIpc) is 2.91. The Kier molecular flexibility index (Phi) is 3.45. The number of aromatic amines is 1. The first kappa shape index (κ1) is 14.5. The summed E-state index contributed by atoms with van der Waals surface area (Å²) in [5.74, 6) is -0.177. The molecule has 5 nitrogen and oxygen atoms in total. The lowest BCUT2D eigenvalue weighted by molar-refractivity contribution is 0.0680. The van der Waals surface area contributed by atoms with Gasteiger partial charge in [0, 0.05) is 30.7 Å². The van der Waals surface area contributed by atoms with Crippen molar-refractivity contribution in [1.29, 1.82) is 0 Å². The Balaban J connectivity index is 1.63. The van der Waals surface area contributed by atoms with E-state index in [0.717, 1.165) is 23.7 Å². The molecule has 2 N–H and O–H groups in total. The number of para-hydroxylation sites is 1. The van der Waals surface area contributed by atoms with Crippen molar-refractivity contribution in [3.8, 4) is 0 Å². The fourth-order valence-electron chi connectivity index (χ4n) is 4.01. The van der Waals surface area contributed by atoms with Crippen molar-refractivity contribution in [2.45, 2.75) is 43.8 Å². The van der Waals surface area contributed by atoms with Gasteiger partial charge in [0.05, 0.1) is 0 Å². The zero-order valence-electron chi connectivity index (χ0n) is 13.2. The van der Waals surface area contributed by atoms with E-state index in [-0.39, 0.29) is 23.1 Å². The van der Waals surface area contributed by atoms with Crippen molar-refractivity contribution in [2.24, 2.45) is 0 Å². The Morgan fingerprint density at radius 3 is 2.61 bits per heavy atom. The quantitative estimate of drug-likeness (QED) is 0.890. The standard InChI is InChI=1S/C18H21N3O2/c1-21(14-9-12-6-7-13(10-14)19-12)18(23)15-8-11-4-2-3-5-16(11)20-17(15)22/h2-5,8,12-14,19H,6-7,9-10H2,1H3,(H,20,22). The highest BCUT2D eigenvalue weighted by Crippen LogP contribution is 2.29. The smallest absolute Gasteiger partial charge is 0.261 e. The molecule has 1 aromatic heterocycles. The molecule has 0 aliphatic carbocycles. The lowest BCUT2D eigenvalue weighted by Crippen LogP contribution is -2.49. The Morgan fingerprint density at radius 2 is 1.87 bits per heavy atom. The minimum atomic E-state index is -0.308. The summed E-state index contributed by atoms with van der Waals surface area (Å²) < 4.78 is 0. The second kappa shape index (κ2) is 5.49. The zero-order valence-corrected chi connectivity index (χ0v) is 13.2. The summed E-state index contributed by atoms with van der Waals surface area (Å²) in [4.78, 5) is 29.7. The van der Waals surface area contributed by atoms with Gasteiger partial charge >= 0.3 is 0 Å². The van der Waals surface area contributed by atoms with Crippen molar-refractivity contribution in [3.63, 3.8) is 0 Å². The number of fused-ring (bicyclic) bond motifs is 3. The lowest BCUT2D eigenvalue weighted by Gasteiger charge is -2.35. The third-order valence-corrected chi connectivity index (χ3v) is 5.30. The molecule has 2 unspecified atom stereocenters. The van der Waals surface area contributed by atoms with Crippen molar-refractivity contribution >= 4 is 16.8 Å². The van der Waals surface area contributed by atoms with Crippen molar-refractivity contribution in [3.05, 3.63) is 46.2 Å². The number of aromatic nitrogens is 1. The summed E-state index contributed by atoms with van der Waals surface area (Å²) in [7, 11) is 1.83. The topological polar surface area (TPSA) is 65.2 Å². The molecule has 1 aromatic carbocycles. The van der Waals surface area contributed by atoms with Crippen LogP contribution in [0.1, 0.15) is 36.0 Å². The summed E-state index contributed by atoms with van der Waals surface area (Å²) in [5, 5.41) is 4.47. The molecule has 120 valence electrons. The fourth-order valence-corrected chi connectivity index (χ4v) is 4.01. The van der Waals surface area contributed by atoms with Crippen LogP contribution in [-0.4, -0.2) is 41.0 Å². The van der Waals surface area contributed by atoms with Crippen LogP contribution < -0.4 is 10.9 Å². The number of pyridine rings is 1. The van der Waals surface area contributed by atoms with E-state index in [2.05, 4.69) is 10.3 Å². The Hall–Kier alpha value is -2.14. The van der Waals surface area contributed by atoms with Gasteiger partial charge in [-0.3, -0.25) is 9.59 Å². The summed E-state index contributed by atoms with van der Waals surface area (Å²) in [5.41, 5.74) is 0.686. The largest absolute Gasteiger partial charge is 0.338 e. The van der Waals surface area contributed by atoms with Crippen LogP contribution in [0.15, 0.2) is 35.1 Å². The minimum Gasteiger partial charge on any atom is -0.338 e. The molecule has 2 atom stereocenters. The third kappa shape index (κ3) is 2.55. The van der Waals surface area contributed by atoms with Gasteiger partial charge < -0.3 is 15.2 Å². The van der Waals surface area contributed by atoms with Crippen LogP contribution in [0.3, 0.4) is 0 Å². The van der Waals surface area contributed by atoms with Gasteiger partial charge in [-0.1, -0.05) is 18.2 Å². The molecule has 0 radical (unpaired) electrons. The molecular formula is C18H21N3O2. The van der Waals surface area contributed by atoms with Crippen LogP contribution in [-0.2, 0) is 0 Å². The number of H-pyrrole nitrogens is 1. The van der Waals surface area contributed by atoms with Crippen LogP contribution in [0.5, 0.6) is 0 Å². The highest BCUT2D eigenvalue weighted by Gasteiger charge is 2.36. The van der Waals surface area contributed by atoms with Crippen molar-refractivity contribution < 1.29 is 4.79 Å². The number of piperidine rings is 1. The summed E-state index contributed by atoms with van der Waals surface area (Å²) >= 11 is 0.